The number of para-hydroxylation sites is 1. The Morgan fingerprint density at radius 1 is 0.919 bits per heavy atom. The zero-order valence-electron chi connectivity index (χ0n) is 20.7. The number of benzene rings is 3. The lowest BCUT2D eigenvalue weighted by atomic mass is 10.1. The molecule has 2 amide bonds. The first-order chi connectivity index (χ1) is 17.9. The number of anilines is 2. The number of hydrogen-bond acceptors (Lipinski definition) is 5. The van der Waals surface area contributed by atoms with E-state index in [2.05, 4.69) is 26.1 Å². The summed E-state index contributed by atoms with van der Waals surface area (Å²) in [6.07, 6.45) is 1.61. The Hall–Kier alpha value is -3.91. The maximum atomic E-state index is 13.6. The third-order valence-electron chi connectivity index (χ3n) is 6.20. The number of amides is 2. The molecule has 4 rings (SSSR count). The average Bonchev–Trinajstić information content (AvgIpc) is 2.92. The molecular weight excluding hydrogens is 534 g/mol. The zero-order valence-corrected chi connectivity index (χ0v) is 22.3. The minimum atomic E-state index is -0.467. The normalized spacial score (nSPS) is 13.8. The molecule has 1 aliphatic heterocycles. The van der Waals surface area contributed by atoms with Gasteiger partial charge in [0.2, 0.25) is 0 Å². The molecular formula is C29H28BrN3O4. The van der Waals surface area contributed by atoms with Crippen LogP contribution in [0.5, 0.6) is 5.75 Å². The van der Waals surface area contributed by atoms with Crippen molar-refractivity contribution < 1.29 is 19.1 Å². The van der Waals surface area contributed by atoms with Crippen molar-refractivity contribution in [3.8, 4) is 5.75 Å². The Bertz CT molecular complexity index is 1310. The molecule has 1 heterocycles. The van der Waals surface area contributed by atoms with Gasteiger partial charge < -0.3 is 19.9 Å². The van der Waals surface area contributed by atoms with Gasteiger partial charge in [-0.3, -0.25) is 14.4 Å². The third-order valence-corrected chi connectivity index (χ3v) is 6.82. The van der Waals surface area contributed by atoms with Crippen LogP contribution in [0.2, 0.25) is 0 Å². The standard InChI is InChI=1S/C29H28BrN3O4/c1-20(34)22-9-11-24(12-10-22)32-14-16-33(17-15-32)29(36)25(28(35)31-23-6-4-3-5-7-23)18-21-8-13-27(37-2)26(30)19-21/h3-13,18-19H,14-17H2,1-2H3,(H,31,35)/b25-18+. The van der Waals surface area contributed by atoms with Gasteiger partial charge in [-0.05, 0) is 83.0 Å². The minimum Gasteiger partial charge on any atom is -0.496 e. The van der Waals surface area contributed by atoms with E-state index < -0.39 is 5.91 Å². The van der Waals surface area contributed by atoms with E-state index in [4.69, 9.17) is 4.74 Å². The monoisotopic (exact) mass is 561 g/mol. The van der Waals surface area contributed by atoms with Crippen molar-refractivity contribution >= 4 is 51.0 Å². The highest BCUT2D eigenvalue weighted by atomic mass is 79.9. The van der Waals surface area contributed by atoms with E-state index in [1.807, 2.05) is 48.5 Å². The number of hydrogen-bond donors (Lipinski definition) is 1. The smallest absolute Gasteiger partial charge is 0.261 e. The van der Waals surface area contributed by atoms with E-state index in [9.17, 15) is 14.4 Å². The number of ketones is 1. The van der Waals surface area contributed by atoms with Crippen LogP contribution in [0.3, 0.4) is 0 Å². The van der Waals surface area contributed by atoms with Gasteiger partial charge in [-0.2, -0.15) is 0 Å². The average molecular weight is 562 g/mol. The Labute approximate surface area is 224 Å². The van der Waals surface area contributed by atoms with Crippen molar-refractivity contribution in [2.45, 2.75) is 6.92 Å². The van der Waals surface area contributed by atoms with Crippen LogP contribution in [-0.2, 0) is 9.59 Å². The first kappa shape index (κ1) is 26.2. The van der Waals surface area contributed by atoms with Gasteiger partial charge >= 0.3 is 0 Å². The van der Waals surface area contributed by atoms with Crippen molar-refractivity contribution in [3.05, 3.63) is 94.0 Å². The molecule has 1 fully saturated rings. The van der Waals surface area contributed by atoms with Gasteiger partial charge in [0.1, 0.15) is 11.3 Å². The number of methoxy groups -OCH3 is 1. The second-order valence-electron chi connectivity index (χ2n) is 8.65. The van der Waals surface area contributed by atoms with Crippen molar-refractivity contribution in [2.24, 2.45) is 0 Å². The van der Waals surface area contributed by atoms with Gasteiger partial charge in [0.25, 0.3) is 11.8 Å². The highest BCUT2D eigenvalue weighted by molar-refractivity contribution is 9.10. The predicted octanol–water partition coefficient (Wildman–Crippen LogP) is 5.03. The van der Waals surface area contributed by atoms with Crippen molar-refractivity contribution in [3.63, 3.8) is 0 Å². The van der Waals surface area contributed by atoms with Crippen LogP contribution < -0.4 is 15.0 Å². The lowest BCUT2D eigenvalue weighted by Crippen LogP contribution is -2.50. The summed E-state index contributed by atoms with van der Waals surface area (Å²) in [5.41, 5.74) is 3.03. The third kappa shape index (κ3) is 6.46. The fourth-order valence-corrected chi connectivity index (χ4v) is 4.69. The number of carbonyl (C=O) groups excluding carboxylic acids is 3. The van der Waals surface area contributed by atoms with Crippen LogP contribution in [-0.4, -0.2) is 55.8 Å². The van der Waals surface area contributed by atoms with E-state index in [-0.39, 0.29) is 17.3 Å². The summed E-state index contributed by atoms with van der Waals surface area (Å²) in [5.74, 6) is -0.109. The molecule has 7 nitrogen and oxygen atoms in total. The summed E-state index contributed by atoms with van der Waals surface area (Å²) < 4.78 is 6.02. The molecule has 0 aliphatic carbocycles. The lowest BCUT2D eigenvalue weighted by molar-refractivity contribution is -0.129. The minimum absolute atomic E-state index is 0.0268. The van der Waals surface area contributed by atoms with Gasteiger partial charge in [0, 0.05) is 43.1 Å². The van der Waals surface area contributed by atoms with Crippen molar-refractivity contribution in [1.82, 2.24) is 4.90 Å². The van der Waals surface area contributed by atoms with E-state index in [0.717, 1.165) is 10.2 Å². The Morgan fingerprint density at radius 3 is 2.19 bits per heavy atom. The summed E-state index contributed by atoms with van der Waals surface area (Å²) in [4.78, 5) is 42.3. The second kappa shape index (κ2) is 11.9. The summed E-state index contributed by atoms with van der Waals surface area (Å²) in [7, 11) is 1.58. The number of nitrogens with one attached hydrogen (secondary N) is 1. The van der Waals surface area contributed by atoms with E-state index in [0.29, 0.717) is 48.7 Å². The molecule has 1 aliphatic rings. The molecule has 3 aromatic rings. The number of halogens is 1. The molecule has 0 atom stereocenters. The molecule has 3 aromatic carbocycles. The van der Waals surface area contributed by atoms with Crippen LogP contribution in [0.1, 0.15) is 22.8 Å². The number of nitrogens with zero attached hydrogens (tertiary/aromatic N) is 2. The molecule has 0 aromatic heterocycles. The molecule has 1 saturated heterocycles. The number of rotatable bonds is 7. The molecule has 0 bridgehead atoms. The van der Waals surface area contributed by atoms with E-state index in [1.165, 1.54) is 0 Å². The summed E-state index contributed by atoms with van der Waals surface area (Å²) in [5, 5.41) is 2.84. The molecule has 0 spiro atoms. The quantitative estimate of drug-likeness (QED) is 0.189. The van der Waals surface area contributed by atoms with Crippen LogP contribution in [0.15, 0.2) is 82.8 Å². The topological polar surface area (TPSA) is 79.0 Å². The zero-order chi connectivity index (χ0) is 26.4. The molecule has 8 heteroatoms. The summed E-state index contributed by atoms with van der Waals surface area (Å²) in [6, 6.07) is 21.9. The first-order valence-corrected chi connectivity index (χ1v) is 12.7. The lowest BCUT2D eigenvalue weighted by Gasteiger charge is -2.36. The van der Waals surface area contributed by atoms with Gasteiger partial charge in [0.15, 0.2) is 5.78 Å². The Balaban J connectivity index is 1.53. The van der Waals surface area contributed by atoms with Crippen molar-refractivity contribution in [2.75, 3.05) is 43.5 Å². The van der Waals surface area contributed by atoms with E-state index in [1.54, 1.807) is 49.3 Å². The number of piperazine rings is 1. The SMILES string of the molecule is COc1ccc(/C=C(\C(=O)Nc2ccccc2)C(=O)N2CCN(c3ccc(C(C)=O)cc3)CC2)cc1Br. The fraction of sp³-hybridized carbons (Fsp3) is 0.207. The van der Waals surface area contributed by atoms with Crippen LogP contribution in [0, 0.1) is 0 Å². The Kier molecular flexibility index (Phi) is 8.40. The summed E-state index contributed by atoms with van der Waals surface area (Å²) in [6.45, 7) is 3.72. The van der Waals surface area contributed by atoms with Crippen LogP contribution in [0.4, 0.5) is 11.4 Å². The van der Waals surface area contributed by atoms with E-state index >= 15 is 0 Å². The van der Waals surface area contributed by atoms with Gasteiger partial charge in [-0.1, -0.05) is 24.3 Å². The molecule has 1 N–H and O–H groups in total. The Morgan fingerprint density at radius 2 is 1.59 bits per heavy atom. The number of carbonyl (C=O) groups is 3. The highest BCUT2D eigenvalue weighted by Crippen LogP contribution is 2.27. The predicted molar refractivity (Wildman–Crippen MR) is 149 cm³/mol. The van der Waals surface area contributed by atoms with Crippen molar-refractivity contribution in [1.29, 1.82) is 0 Å². The maximum Gasteiger partial charge on any atom is 0.261 e. The van der Waals surface area contributed by atoms with Gasteiger partial charge in [-0.25, -0.2) is 0 Å². The maximum absolute atomic E-state index is 13.6. The highest BCUT2D eigenvalue weighted by Gasteiger charge is 2.27. The largest absolute Gasteiger partial charge is 0.496 e. The van der Waals surface area contributed by atoms with Crippen LogP contribution in [0.25, 0.3) is 6.08 Å². The summed E-state index contributed by atoms with van der Waals surface area (Å²) >= 11 is 3.47. The molecule has 0 saturated carbocycles. The number of Topliss-reactive ketones (excluding diaryl/α,β-unsaturated/α-hetero) is 1. The second-order valence-corrected chi connectivity index (χ2v) is 9.51. The molecule has 190 valence electrons. The first-order valence-electron chi connectivity index (χ1n) is 11.9. The fourth-order valence-electron chi connectivity index (χ4n) is 4.13. The van der Waals surface area contributed by atoms with Crippen LogP contribution >= 0.6 is 15.9 Å². The molecule has 0 radical (unpaired) electrons. The van der Waals surface area contributed by atoms with Gasteiger partial charge in [-0.15, -0.1) is 0 Å². The van der Waals surface area contributed by atoms with Gasteiger partial charge in [0.05, 0.1) is 11.6 Å². The molecule has 37 heavy (non-hydrogen) atoms. The number of ether oxygens (including phenoxy) is 1. The molecule has 0 unspecified atom stereocenters.